The van der Waals surface area contributed by atoms with Crippen molar-refractivity contribution in [1.82, 2.24) is 0 Å². The van der Waals surface area contributed by atoms with Gasteiger partial charge in [0.05, 0.1) is 0 Å². The average Bonchev–Trinajstić information content (AvgIpc) is 2.83. The van der Waals surface area contributed by atoms with Crippen molar-refractivity contribution < 1.29 is 0 Å². The first kappa shape index (κ1) is 11.9. The lowest BCUT2D eigenvalue weighted by molar-refractivity contribution is 0.765. The van der Waals surface area contributed by atoms with Crippen LogP contribution < -0.4 is 0 Å². The van der Waals surface area contributed by atoms with E-state index in [1.54, 1.807) is 11.1 Å². The summed E-state index contributed by atoms with van der Waals surface area (Å²) in [6.07, 6.45) is 2.71. The van der Waals surface area contributed by atoms with Crippen LogP contribution in [0.2, 0.25) is 0 Å². The van der Waals surface area contributed by atoms with Crippen LogP contribution in [-0.2, 0) is 0 Å². The summed E-state index contributed by atoms with van der Waals surface area (Å²) in [6.45, 7) is 2.48. The number of hydrogen-bond donors (Lipinski definition) is 0. The summed E-state index contributed by atoms with van der Waals surface area (Å²) in [5.74, 6) is 0. The Bertz CT molecular complexity index is 444. The summed E-state index contributed by atoms with van der Waals surface area (Å²) in [6, 6.07) is 22.1. The second-order valence-corrected chi connectivity index (χ2v) is 7.67. The van der Waals surface area contributed by atoms with Crippen LogP contribution in [-0.4, -0.2) is 6.66 Å². The molecule has 1 fully saturated rings. The van der Waals surface area contributed by atoms with Crippen LogP contribution in [0, 0.1) is 0 Å². The molecule has 1 heterocycles. The summed E-state index contributed by atoms with van der Waals surface area (Å²) in [5.41, 5.74) is 4.69. The minimum atomic E-state index is 0.0556. The summed E-state index contributed by atoms with van der Waals surface area (Å²) < 4.78 is 0. The molecule has 0 aromatic heterocycles. The van der Waals surface area contributed by atoms with E-state index in [2.05, 4.69) is 67.3 Å². The predicted molar refractivity (Wildman–Crippen MR) is 80.4 cm³/mol. The van der Waals surface area contributed by atoms with Gasteiger partial charge in [-0.15, -0.1) is 0 Å². The van der Waals surface area contributed by atoms with Gasteiger partial charge in [0.2, 0.25) is 0 Å². The Morgan fingerprint density at radius 2 is 1.11 bits per heavy atom. The summed E-state index contributed by atoms with van der Waals surface area (Å²) >= 11 is 0. The van der Waals surface area contributed by atoms with Crippen molar-refractivity contribution in [3.63, 3.8) is 0 Å². The van der Waals surface area contributed by atoms with Crippen LogP contribution in [0.15, 0.2) is 60.7 Å². The highest BCUT2D eigenvalue weighted by molar-refractivity contribution is 7.58. The lowest BCUT2D eigenvalue weighted by atomic mass is 10.0. The van der Waals surface area contributed by atoms with E-state index in [9.17, 15) is 0 Å². The molecule has 2 aromatic rings. The molecule has 1 saturated heterocycles. The van der Waals surface area contributed by atoms with Crippen molar-refractivity contribution in [2.24, 2.45) is 0 Å². The highest BCUT2D eigenvalue weighted by Gasteiger charge is 2.33. The quantitative estimate of drug-likeness (QED) is 0.631. The van der Waals surface area contributed by atoms with Crippen molar-refractivity contribution in [2.75, 3.05) is 6.66 Å². The van der Waals surface area contributed by atoms with E-state index in [0.717, 1.165) is 11.3 Å². The molecule has 0 amide bonds. The zero-order valence-corrected chi connectivity index (χ0v) is 11.7. The van der Waals surface area contributed by atoms with Crippen molar-refractivity contribution in [2.45, 2.75) is 24.2 Å². The number of benzene rings is 2. The van der Waals surface area contributed by atoms with E-state index in [1.165, 1.54) is 12.8 Å². The fourth-order valence-electron chi connectivity index (χ4n) is 3.09. The van der Waals surface area contributed by atoms with Crippen LogP contribution >= 0.6 is 7.92 Å². The van der Waals surface area contributed by atoms with Crippen molar-refractivity contribution >= 4 is 7.92 Å². The normalized spacial score (nSPS) is 27.3. The Kier molecular flexibility index (Phi) is 3.48. The third-order valence-corrected chi connectivity index (χ3v) is 7.14. The molecule has 0 saturated carbocycles. The van der Waals surface area contributed by atoms with Gasteiger partial charge < -0.3 is 0 Å². The average molecular weight is 254 g/mol. The van der Waals surface area contributed by atoms with Crippen LogP contribution in [0.4, 0.5) is 0 Å². The SMILES string of the molecule is CP1C(c2ccccc2)CCC1c1ccccc1. The molecule has 0 spiro atoms. The van der Waals surface area contributed by atoms with E-state index in [0.29, 0.717) is 0 Å². The van der Waals surface area contributed by atoms with Crippen LogP contribution in [0.1, 0.15) is 35.3 Å². The Balaban J connectivity index is 1.83. The number of rotatable bonds is 2. The molecule has 18 heavy (non-hydrogen) atoms. The number of hydrogen-bond acceptors (Lipinski definition) is 0. The summed E-state index contributed by atoms with van der Waals surface area (Å²) in [4.78, 5) is 0. The molecule has 0 bridgehead atoms. The molecule has 92 valence electrons. The molecule has 1 aliphatic heterocycles. The van der Waals surface area contributed by atoms with Crippen LogP contribution in [0.5, 0.6) is 0 Å². The Morgan fingerprint density at radius 1 is 0.722 bits per heavy atom. The maximum Gasteiger partial charge on any atom is 0.00451 e. The molecule has 0 nitrogen and oxygen atoms in total. The maximum absolute atomic E-state index is 2.48. The molecule has 0 aliphatic carbocycles. The third-order valence-electron chi connectivity index (χ3n) is 4.07. The van der Waals surface area contributed by atoms with Crippen LogP contribution in [0.3, 0.4) is 0 Å². The molecule has 1 aliphatic rings. The van der Waals surface area contributed by atoms with Gasteiger partial charge in [0.15, 0.2) is 0 Å². The molecular weight excluding hydrogens is 235 g/mol. The predicted octanol–water partition coefficient (Wildman–Crippen LogP) is 5.37. The van der Waals surface area contributed by atoms with Gasteiger partial charge in [-0.2, -0.15) is 0 Å². The van der Waals surface area contributed by atoms with Crippen molar-refractivity contribution in [3.8, 4) is 0 Å². The monoisotopic (exact) mass is 254 g/mol. The second-order valence-electron chi connectivity index (χ2n) is 5.10. The molecule has 2 atom stereocenters. The van der Waals surface area contributed by atoms with Gasteiger partial charge in [-0.3, -0.25) is 0 Å². The second kappa shape index (κ2) is 5.24. The van der Waals surface area contributed by atoms with E-state index >= 15 is 0 Å². The van der Waals surface area contributed by atoms with Crippen molar-refractivity contribution in [1.29, 1.82) is 0 Å². The van der Waals surface area contributed by atoms with Gasteiger partial charge in [0.25, 0.3) is 0 Å². The molecule has 0 radical (unpaired) electrons. The highest BCUT2D eigenvalue weighted by atomic mass is 31.1. The molecule has 2 aromatic carbocycles. The zero-order chi connectivity index (χ0) is 12.4. The Hall–Kier alpha value is -1.13. The van der Waals surface area contributed by atoms with E-state index in [4.69, 9.17) is 0 Å². The molecule has 2 unspecified atom stereocenters. The van der Waals surface area contributed by atoms with E-state index in [-0.39, 0.29) is 7.92 Å². The van der Waals surface area contributed by atoms with E-state index in [1.807, 2.05) is 0 Å². The first-order valence-corrected chi connectivity index (χ1v) is 8.61. The maximum atomic E-state index is 2.48. The largest absolute Gasteiger partial charge is 0.0945 e. The van der Waals surface area contributed by atoms with Gasteiger partial charge in [-0.05, 0) is 30.6 Å². The smallest absolute Gasteiger partial charge is 0.00451 e. The van der Waals surface area contributed by atoms with Gasteiger partial charge in [0.1, 0.15) is 0 Å². The van der Waals surface area contributed by atoms with Gasteiger partial charge in [-0.1, -0.05) is 68.6 Å². The highest BCUT2D eigenvalue weighted by Crippen LogP contribution is 2.67. The van der Waals surface area contributed by atoms with Gasteiger partial charge in [-0.25, -0.2) is 0 Å². The minimum absolute atomic E-state index is 0.0556. The lowest BCUT2D eigenvalue weighted by Crippen LogP contribution is -1.92. The van der Waals surface area contributed by atoms with Gasteiger partial charge >= 0.3 is 0 Å². The fourth-order valence-corrected chi connectivity index (χ4v) is 5.93. The summed E-state index contributed by atoms with van der Waals surface area (Å²) in [7, 11) is 0.0556. The lowest BCUT2D eigenvalue weighted by Gasteiger charge is -2.22. The van der Waals surface area contributed by atoms with Crippen LogP contribution in [0.25, 0.3) is 0 Å². The zero-order valence-electron chi connectivity index (χ0n) is 10.8. The standard InChI is InChI=1S/C17H19P/c1-18-16(14-8-4-2-5-9-14)12-13-17(18)15-10-6-3-7-11-15/h2-11,16-17H,12-13H2,1H3. The molecule has 0 N–H and O–H groups in total. The Morgan fingerprint density at radius 3 is 1.50 bits per heavy atom. The first-order chi connectivity index (χ1) is 8.86. The van der Waals surface area contributed by atoms with E-state index < -0.39 is 0 Å². The molecule has 3 rings (SSSR count). The Labute approximate surface area is 111 Å². The van der Waals surface area contributed by atoms with Crippen molar-refractivity contribution in [3.05, 3.63) is 71.8 Å². The topological polar surface area (TPSA) is 0 Å². The van der Waals surface area contributed by atoms with Gasteiger partial charge in [0, 0.05) is 11.3 Å². The molecule has 1 heteroatoms. The fraction of sp³-hybridized carbons (Fsp3) is 0.294. The minimum Gasteiger partial charge on any atom is -0.0945 e. The third kappa shape index (κ3) is 2.22. The summed E-state index contributed by atoms with van der Waals surface area (Å²) in [5, 5.41) is 0. The first-order valence-electron chi connectivity index (χ1n) is 6.68. The molecular formula is C17H19P.